The van der Waals surface area contributed by atoms with Gasteiger partial charge in [-0.25, -0.2) is 0 Å². The van der Waals surface area contributed by atoms with Crippen molar-refractivity contribution in [3.8, 4) is 6.07 Å². The summed E-state index contributed by atoms with van der Waals surface area (Å²) in [5, 5.41) is 32.0. The smallest absolute Gasteiger partial charge is 0.262 e. The van der Waals surface area contributed by atoms with Gasteiger partial charge in [0.15, 0.2) is 0 Å². The summed E-state index contributed by atoms with van der Waals surface area (Å²) in [4.78, 5) is 57.4. The molecule has 2 saturated heterocycles. The van der Waals surface area contributed by atoms with Crippen LogP contribution in [0, 0.1) is 11.3 Å². The number of nitrogens with one attached hydrogen (secondary N) is 4. The minimum Gasteiger partial charge on any atom is -0.384 e. The van der Waals surface area contributed by atoms with E-state index in [9.17, 15) is 29.5 Å². The predicted molar refractivity (Wildman–Crippen MR) is 215 cm³/mol. The highest BCUT2D eigenvalue weighted by molar-refractivity contribution is 6.32. The molecule has 3 fully saturated rings. The number of carbonyl (C=O) groups is 4. The molecule has 3 aromatic carbocycles. The first-order valence-corrected chi connectivity index (χ1v) is 20.1. The number of piperidine rings is 2. The monoisotopic (exact) mass is 780 g/mol. The van der Waals surface area contributed by atoms with Crippen LogP contribution in [0.2, 0.25) is 5.02 Å². The molecule has 294 valence electrons. The Bertz CT molecular complexity index is 1990. The number of carbonyl (C=O) groups excluding carboxylic acids is 4. The van der Waals surface area contributed by atoms with E-state index in [-0.39, 0.29) is 35.9 Å². The lowest BCUT2D eigenvalue weighted by atomic mass is 9.89. The highest BCUT2D eigenvalue weighted by Gasteiger charge is 2.44. The summed E-state index contributed by atoms with van der Waals surface area (Å²) >= 11 is 6.32. The quantitative estimate of drug-likeness (QED) is 0.129. The second kappa shape index (κ2) is 17.3. The van der Waals surface area contributed by atoms with Crippen molar-refractivity contribution in [3.05, 3.63) is 87.9 Å². The highest BCUT2D eigenvalue weighted by atomic mass is 35.5. The van der Waals surface area contributed by atoms with Crippen LogP contribution in [0.5, 0.6) is 0 Å². The van der Waals surface area contributed by atoms with Gasteiger partial charge in [0.05, 0.1) is 21.7 Å². The van der Waals surface area contributed by atoms with Crippen molar-refractivity contribution < 1.29 is 24.3 Å². The van der Waals surface area contributed by atoms with Crippen LogP contribution >= 0.6 is 11.6 Å². The van der Waals surface area contributed by atoms with Crippen LogP contribution in [-0.2, 0) is 4.79 Å². The normalized spacial score (nSPS) is 22.6. The maximum atomic E-state index is 13.2. The first-order chi connectivity index (χ1) is 27.1. The summed E-state index contributed by atoms with van der Waals surface area (Å²) in [6, 6.07) is 20.6. The van der Waals surface area contributed by atoms with Crippen molar-refractivity contribution in [1.29, 1.82) is 5.26 Å². The zero-order valence-electron chi connectivity index (χ0n) is 31.6. The fourth-order valence-corrected chi connectivity index (χ4v) is 8.77. The van der Waals surface area contributed by atoms with Gasteiger partial charge >= 0.3 is 0 Å². The minimum absolute atomic E-state index is 0.0419. The van der Waals surface area contributed by atoms with Gasteiger partial charge in [-0.2, -0.15) is 5.26 Å². The lowest BCUT2D eigenvalue weighted by Gasteiger charge is -2.38. The molecule has 14 heteroatoms. The van der Waals surface area contributed by atoms with Crippen molar-refractivity contribution in [3.63, 3.8) is 0 Å². The topological polar surface area (TPSA) is 170 Å². The van der Waals surface area contributed by atoms with Gasteiger partial charge in [-0.1, -0.05) is 11.6 Å². The van der Waals surface area contributed by atoms with Crippen LogP contribution in [0.25, 0.3) is 0 Å². The van der Waals surface area contributed by atoms with Crippen LogP contribution in [0.4, 0.5) is 17.1 Å². The van der Waals surface area contributed by atoms with E-state index in [0.29, 0.717) is 34.8 Å². The van der Waals surface area contributed by atoms with Crippen LogP contribution in [0.15, 0.2) is 60.7 Å². The molecule has 13 nitrogen and oxygen atoms in total. The zero-order valence-corrected chi connectivity index (χ0v) is 32.4. The molecule has 5 N–H and O–H groups in total. The zero-order chi connectivity index (χ0) is 39.3. The number of amides is 4. The molecule has 0 spiro atoms. The second-order valence-corrected chi connectivity index (χ2v) is 15.5. The van der Waals surface area contributed by atoms with E-state index in [2.05, 4.69) is 44.1 Å². The van der Waals surface area contributed by atoms with E-state index in [1.165, 1.54) is 0 Å². The molecule has 1 aliphatic carbocycles. The Labute approximate surface area is 332 Å². The average molecular weight is 781 g/mol. The van der Waals surface area contributed by atoms with Crippen molar-refractivity contribution >= 4 is 52.3 Å². The molecule has 56 heavy (non-hydrogen) atoms. The molecule has 3 aliphatic heterocycles. The third-order valence-corrected chi connectivity index (χ3v) is 12.0. The predicted octanol–water partition coefficient (Wildman–Crippen LogP) is 4.64. The maximum absolute atomic E-state index is 13.2. The number of nitrogens with zero attached hydrogens (tertiary/aromatic N) is 4. The molecule has 0 bridgehead atoms. The fourth-order valence-electron chi connectivity index (χ4n) is 8.55. The van der Waals surface area contributed by atoms with Gasteiger partial charge in [0.2, 0.25) is 5.91 Å². The van der Waals surface area contributed by atoms with E-state index in [1.54, 1.807) is 24.3 Å². The minimum atomic E-state index is -0.962. The Morgan fingerprint density at radius 1 is 0.893 bits per heavy atom. The summed E-state index contributed by atoms with van der Waals surface area (Å²) < 4.78 is 0. The number of halogens is 1. The number of fused-ring (bicyclic) bond motifs is 1. The molecular weight excluding hydrogens is 732 g/mol. The van der Waals surface area contributed by atoms with Crippen LogP contribution in [0.1, 0.15) is 94.9 Å². The Kier molecular flexibility index (Phi) is 12.1. The third kappa shape index (κ3) is 8.48. The van der Waals surface area contributed by atoms with Crippen molar-refractivity contribution in [1.82, 2.24) is 20.9 Å². The Morgan fingerprint density at radius 2 is 1.62 bits per heavy atom. The number of hydrogen-bond donors (Lipinski definition) is 5. The van der Waals surface area contributed by atoms with Gasteiger partial charge in [-0.3, -0.25) is 24.1 Å². The van der Waals surface area contributed by atoms with Crippen molar-refractivity contribution in [2.45, 2.75) is 88.7 Å². The number of hydrogen-bond acceptors (Lipinski definition) is 10. The van der Waals surface area contributed by atoms with Gasteiger partial charge in [-0.15, -0.1) is 0 Å². The molecule has 2 atom stereocenters. The van der Waals surface area contributed by atoms with E-state index < -0.39 is 30.0 Å². The van der Waals surface area contributed by atoms with E-state index >= 15 is 0 Å². The van der Waals surface area contributed by atoms with Gasteiger partial charge in [0.1, 0.15) is 18.3 Å². The largest absolute Gasteiger partial charge is 0.384 e. The van der Waals surface area contributed by atoms with Gasteiger partial charge in [0, 0.05) is 73.5 Å². The highest BCUT2D eigenvalue weighted by Crippen LogP contribution is 2.32. The van der Waals surface area contributed by atoms with Gasteiger partial charge in [0.25, 0.3) is 17.7 Å². The van der Waals surface area contributed by atoms with Crippen molar-refractivity contribution in [2.75, 3.05) is 47.8 Å². The molecule has 0 aromatic heterocycles. The fraction of sp³-hybridized carbons (Fsp3) is 0.452. The summed E-state index contributed by atoms with van der Waals surface area (Å²) in [5.41, 5.74) is 4.56. The van der Waals surface area contributed by atoms with Crippen LogP contribution in [-0.4, -0.2) is 96.8 Å². The number of imide groups is 1. The van der Waals surface area contributed by atoms with Crippen LogP contribution in [0.3, 0.4) is 0 Å². The van der Waals surface area contributed by atoms with Crippen LogP contribution < -0.4 is 31.1 Å². The van der Waals surface area contributed by atoms with E-state index in [1.807, 2.05) is 36.4 Å². The standard InChI is InChI=1S/C42H49ClN8O5/c1-2-50(33-11-5-27(25-44)36(43)24-33)32-12-6-29(7-13-32)47-39(53)26-3-9-31(10-4-26)49-21-17-28(18-22-49)45-19-20-46-30-8-14-34-35(23-30)42(56)51(41(34)55)37-15-16-38(52)48-40(37)54/h3-5,8-11,14,23-24,28-29,32,37-38,45-46,52H,2,6-7,12-13,15-22H2,1H3,(H,47,53)(H,48,54). The number of aliphatic hydroxyl groups is 1. The molecule has 4 aliphatic rings. The Morgan fingerprint density at radius 3 is 2.30 bits per heavy atom. The molecule has 3 heterocycles. The van der Waals surface area contributed by atoms with Crippen molar-refractivity contribution in [2.24, 2.45) is 0 Å². The first-order valence-electron chi connectivity index (χ1n) is 19.7. The van der Waals surface area contributed by atoms with Gasteiger partial charge in [-0.05, 0) is 119 Å². The summed E-state index contributed by atoms with van der Waals surface area (Å²) in [5.74, 6) is -1.54. The molecule has 7 rings (SSSR count). The number of benzene rings is 3. The average Bonchev–Trinajstić information content (AvgIpc) is 3.45. The number of rotatable bonds is 12. The lowest BCUT2D eigenvalue weighted by molar-refractivity contribution is -0.131. The number of anilines is 3. The number of nitriles is 1. The molecule has 2 unspecified atom stereocenters. The first kappa shape index (κ1) is 39.1. The second-order valence-electron chi connectivity index (χ2n) is 15.1. The van der Waals surface area contributed by atoms with E-state index in [0.717, 1.165) is 86.7 Å². The summed E-state index contributed by atoms with van der Waals surface area (Å²) in [6.45, 7) is 6.12. The lowest BCUT2D eigenvalue weighted by Crippen LogP contribution is -2.55. The molecular formula is C42H49ClN8O5. The summed E-state index contributed by atoms with van der Waals surface area (Å²) in [6.07, 6.45) is 5.24. The third-order valence-electron chi connectivity index (χ3n) is 11.6. The Balaban J connectivity index is 0.812. The van der Waals surface area contributed by atoms with Gasteiger partial charge < -0.3 is 36.2 Å². The number of aliphatic hydroxyl groups excluding tert-OH is 1. The molecule has 3 aromatic rings. The molecule has 1 saturated carbocycles. The maximum Gasteiger partial charge on any atom is 0.262 e. The summed E-state index contributed by atoms with van der Waals surface area (Å²) in [7, 11) is 0. The Hall–Kier alpha value is -5.16. The SMILES string of the molecule is CCN(c1ccc(C#N)c(Cl)c1)C1CCC(NC(=O)c2ccc(N3CCC(NCCNc4ccc5c(c4)C(=O)N(C4CCC(O)NC4=O)C5=O)CC3)cc2)CC1. The molecule has 0 radical (unpaired) electrons. The van der Waals surface area contributed by atoms with E-state index in [4.69, 9.17) is 11.6 Å². The molecule has 4 amide bonds.